The van der Waals surface area contributed by atoms with Gasteiger partial charge in [-0.25, -0.2) is 0 Å². The number of nitrogens with one attached hydrogen (secondary N) is 1. The standard InChI is InChI=1S/C15H15NO2S/c17-13-7-8-14(12-4-2-1-3-11(12)13)19-9-15(18)16-10-5-6-10/h1-4,7-8,10,17H,5-6,9H2,(H,16,18). The van der Waals surface area contributed by atoms with Gasteiger partial charge in [-0.15, -0.1) is 11.8 Å². The van der Waals surface area contributed by atoms with E-state index in [0.29, 0.717) is 11.8 Å². The number of hydrogen-bond acceptors (Lipinski definition) is 3. The molecule has 0 spiro atoms. The third-order valence-corrected chi connectivity index (χ3v) is 4.24. The van der Waals surface area contributed by atoms with E-state index < -0.39 is 0 Å². The van der Waals surface area contributed by atoms with Crippen LogP contribution in [-0.4, -0.2) is 22.8 Å². The lowest BCUT2D eigenvalue weighted by Gasteiger charge is -2.08. The highest BCUT2D eigenvalue weighted by Gasteiger charge is 2.23. The predicted octanol–water partition coefficient (Wildman–Crippen LogP) is 2.92. The molecule has 98 valence electrons. The van der Waals surface area contributed by atoms with Gasteiger partial charge >= 0.3 is 0 Å². The molecule has 3 rings (SSSR count). The smallest absolute Gasteiger partial charge is 0.230 e. The molecule has 0 saturated heterocycles. The Morgan fingerprint density at radius 3 is 2.68 bits per heavy atom. The first-order valence-corrected chi connectivity index (χ1v) is 7.35. The molecule has 1 aliphatic rings. The minimum Gasteiger partial charge on any atom is -0.507 e. The maximum atomic E-state index is 11.7. The summed E-state index contributed by atoms with van der Waals surface area (Å²) in [5.74, 6) is 0.790. The number of rotatable bonds is 4. The Hall–Kier alpha value is -1.68. The normalized spacial score (nSPS) is 14.5. The summed E-state index contributed by atoms with van der Waals surface area (Å²) in [6, 6.07) is 11.7. The summed E-state index contributed by atoms with van der Waals surface area (Å²) in [7, 11) is 0. The first-order chi connectivity index (χ1) is 9.24. The minimum absolute atomic E-state index is 0.0876. The Bertz CT molecular complexity index is 623. The van der Waals surface area contributed by atoms with E-state index in [2.05, 4.69) is 5.32 Å². The maximum absolute atomic E-state index is 11.7. The van der Waals surface area contributed by atoms with Gasteiger partial charge in [0.05, 0.1) is 5.75 Å². The Balaban J connectivity index is 1.76. The summed E-state index contributed by atoms with van der Waals surface area (Å²) in [6.45, 7) is 0. The Morgan fingerprint density at radius 1 is 1.21 bits per heavy atom. The molecule has 0 unspecified atom stereocenters. The fraction of sp³-hybridized carbons (Fsp3) is 0.267. The van der Waals surface area contributed by atoms with Crippen molar-refractivity contribution in [3.8, 4) is 5.75 Å². The first kappa shape index (κ1) is 12.4. The second-order valence-electron chi connectivity index (χ2n) is 4.76. The predicted molar refractivity (Wildman–Crippen MR) is 77.5 cm³/mol. The minimum atomic E-state index is 0.0876. The lowest BCUT2D eigenvalue weighted by molar-refractivity contribution is -0.118. The number of fused-ring (bicyclic) bond motifs is 1. The van der Waals surface area contributed by atoms with Crippen LogP contribution in [0.15, 0.2) is 41.3 Å². The summed E-state index contributed by atoms with van der Waals surface area (Å²) < 4.78 is 0. The van der Waals surface area contributed by atoms with Gasteiger partial charge in [0.15, 0.2) is 0 Å². The summed E-state index contributed by atoms with van der Waals surface area (Å²) in [5.41, 5.74) is 0. The maximum Gasteiger partial charge on any atom is 0.230 e. The van der Waals surface area contributed by atoms with Crippen LogP contribution in [-0.2, 0) is 4.79 Å². The molecule has 2 N–H and O–H groups in total. The number of aromatic hydroxyl groups is 1. The topological polar surface area (TPSA) is 49.3 Å². The molecule has 19 heavy (non-hydrogen) atoms. The summed E-state index contributed by atoms with van der Waals surface area (Å²) in [6.07, 6.45) is 2.22. The van der Waals surface area contributed by atoms with E-state index in [1.165, 1.54) is 11.8 Å². The zero-order chi connectivity index (χ0) is 13.2. The average molecular weight is 273 g/mol. The Morgan fingerprint density at radius 2 is 1.95 bits per heavy atom. The molecular formula is C15H15NO2S. The van der Waals surface area contributed by atoms with Gasteiger partial charge in [0.1, 0.15) is 5.75 Å². The molecule has 1 saturated carbocycles. The molecule has 0 aliphatic heterocycles. The Kier molecular flexibility index (Phi) is 3.34. The van der Waals surface area contributed by atoms with Crippen LogP contribution in [0.4, 0.5) is 0 Å². The van der Waals surface area contributed by atoms with Crippen molar-refractivity contribution < 1.29 is 9.90 Å². The third kappa shape index (κ3) is 2.84. The highest BCUT2D eigenvalue weighted by atomic mass is 32.2. The summed E-state index contributed by atoms with van der Waals surface area (Å²) in [5, 5.41) is 14.6. The van der Waals surface area contributed by atoms with Crippen LogP contribution in [0.2, 0.25) is 0 Å². The van der Waals surface area contributed by atoms with E-state index in [1.807, 2.05) is 30.3 Å². The third-order valence-electron chi connectivity index (χ3n) is 3.16. The molecule has 0 aromatic heterocycles. The van der Waals surface area contributed by atoms with E-state index in [0.717, 1.165) is 28.5 Å². The molecule has 2 aromatic carbocycles. The van der Waals surface area contributed by atoms with Gasteiger partial charge in [0, 0.05) is 16.3 Å². The van der Waals surface area contributed by atoms with E-state index in [1.54, 1.807) is 6.07 Å². The second kappa shape index (κ2) is 5.13. The Labute approximate surface area is 116 Å². The van der Waals surface area contributed by atoms with Gasteiger partial charge in [-0.1, -0.05) is 24.3 Å². The number of amides is 1. The van der Waals surface area contributed by atoms with Crippen LogP contribution in [0.3, 0.4) is 0 Å². The number of hydrogen-bond donors (Lipinski definition) is 2. The molecule has 1 fully saturated rings. The average Bonchev–Trinajstić information content (AvgIpc) is 3.22. The number of phenols is 1. The van der Waals surface area contributed by atoms with E-state index >= 15 is 0 Å². The van der Waals surface area contributed by atoms with Gasteiger partial charge in [-0.2, -0.15) is 0 Å². The van der Waals surface area contributed by atoms with Crippen molar-refractivity contribution in [2.75, 3.05) is 5.75 Å². The molecule has 0 radical (unpaired) electrons. The second-order valence-corrected chi connectivity index (χ2v) is 5.78. The molecule has 2 aromatic rings. The zero-order valence-corrected chi connectivity index (χ0v) is 11.2. The van der Waals surface area contributed by atoms with Gasteiger partial charge < -0.3 is 10.4 Å². The van der Waals surface area contributed by atoms with Crippen molar-refractivity contribution >= 4 is 28.4 Å². The van der Waals surface area contributed by atoms with Crippen LogP contribution in [0.5, 0.6) is 5.75 Å². The summed E-state index contributed by atoms with van der Waals surface area (Å²) >= 11 is 1.51. The van der Waals surface area contributed by atoms with E-state index in [4.69, 9.17) is 0 Å². The van der Waals surface area contributed by atoms with Gasteiger partial charge in [-0.3, -0.25) is 4.79 Å². The fourth-order valence-electron chi connectivity index (χ4n) is 2.02. The summed E-state index contributed by atoms with van der Waals surface area (Å²) in [4.78, 5) is 12.7. The number of benzene rings is 2. The van der Waals surface area contributed by atoms with Crippen LogP contribution in [0.1, 0.15) is 12.8 Å². The molecular weight excluding hydrogens is 258 g/mol. The van der Waals surface area contributed by atoms with Gasteiger partial charge in [0.2, 0.25) is 5.91 Å². The number of phenolic OH excluding ortho intramolecular Hbond substituents is 1. The molecule has 3 nitrogen and oxygen atoms in total. The monoisotopic (exact) mass is 273 g/mol. The number of carbonyl (C=O) groups is 1. The first-order valence-electron chi connectivity index (χ1n) is 6.37. The van der Waals surface area contributed by atoms with E-state index in [9.17, 15) is 9.90 Å². The van der Waals surface area contributed by atoms with Crippen LogP contribution < -0.4 is 5.32 Å². The molecule has 4 heteroatoms. The van der Waals surface area contributed by atoms with Crippen LogP contribution in [0, 0.1) is 0 Å². The van der Waals surface area contributed by atoms with Crippen LogP contribution in [0.25, 0.3) is 10.8 Å². The SMILES string of the molecule is O=C(CSc1ccc(O)c2ccccc12)NC1CC1. The number of thioether (sulfide) groups is 1. The largest absolute Gasteiger partial charge is 0.507 e. The molecule has 1 aliphatic carbocycles. The molecule has 0 atom stereocenters. The molecule has 1 amide bonds. The fourth-order valence-corrected chi connectivity index (χ4v) is 2.89. The zero-order valence-electron chi connectivity index (χ0n) is 10.4. The highest BCUT2D eigenvalue weighted by molar-refractivity contribution is 8.00. The highest BCUT2D eigenvalue weighted by Crippen LogP contribution is 2.33. The van der Waals surface area contributed by atoms with Crippen molar-refractivity contribution in [3.63, 3.8) is 0 Å². The lowest BCUT2D eigenvalue weighted by atomic mass is 10.1. The van der Waals surface area contributed by atoms with Crippen molar-refractivity contribution in [2.24, 2.45) is 0 Å². The van der Waals surface area contributed by atoms with Gasteiger partial charge in [0.25, 0.3) is 0 Å². The quantitative estimate of drug-likeness (QED) is 0.842. The molecule has 0 bridgehead atoms. The van der Waals surface area contributed by atoms with Crippen molar-refractivity contribution in [1.29, 1.82) is 0 Å². The van der Waals surface area contributed by atoms with Crippen molar-refractivity contribution in [2.45, 2.75) is 23.8 Å². The lowest BCUT2D eigenvalue weighted by Crippen LogP contribution is -2.26. The molecule has 0 heterocycles. The van der Waals surface area contributed by atoms with Crippen molar-refractivity contribution in [3.05, 3.63) is 36.4 Å². The van der Waals surface area contributed by atoms with Gasteiger partial charge in [-0.05, 0) is 30.4 Å². The van der Waals surface area contributed by atoms with Crippen molar-refractivity contribution in [1.82, 2.24) is 5.32 Å². The van der Waals surface area contributed by atoms with E-state index in [-0.39, 0.29) is 11.7 Å². The van der Waals surface area contributed by atoms with Crippen LogP contribution >= 0.6 is 11.8 Å². The number of carbonyl (C=O) groups excluding carboxylic acids is 1.